The Balaban J connectivity index is 1.98. The van der Waals surface area contributed by atoms with E-state index >= 15 is 0 Å². The average Bonchev–Trinajstić information content (AvgIpc) is 2.75. The maximum absolute atomic E-state index is 11.1. The van der Waals surface area contributed by atoms with Gasteiger partial charge in [-0.3, -0.25) is 4.79 Å². The molecule has 0 aromatic rings. The zero-order valence-corrected chi connectivity index (χ0v) is 9.92. The number of carbonyl (C=O) groups excluding carboxylic acids is 1. The van der Waals surface area contributed by atoms with Gasteiger partial charge < -0.3 is 10.1 Å². The van der Waals surface area contributed by atoms with Crippen molar-refractivity contribution < 1.29 is 9.53 Å². The Hall–Kier alpha value is -0.570. The first-order chi connectivity index (χ1) is 7.24. The van der Waals surface area contributed by atoms with Crippen LogP contribution in [0.25, 0.3) is 0 Å². The number of ether oxygens (including phenoxy) is 1. The third-order valence-corrected chi connectivity index (χ3v) is 3.26. The van der Waals surface area contributed by atoms with E-state index in [1.165, 1.54) is 39.2 Å². The molecule has 1 saturated carbocycles. The van der Waals surface area contributed by atoms with Crippen molar-refractivity contribution in [1.82, 2.24) is 5.32 Å². The molecule has 1 aliphatic rings. The summed E-state index contributed by atoms with van der Waals surface area (Å²) in [4.78, 5) is 11.1. The van der Waals surface area contributed by atoms with Gasteiger partial charge in [-0.25, -0.2) is 0 Å². The third-order valence-electron chi connectivity index (χ3n) is 3.26. The number of hydrogen-bond donors (Lipinski definition) is 1. The molecule has 1 unspecified atom stereocenters. The van der Waals surface area contributed by atoms with Crippen LogP contribution in [0.2, 0.25) is 0 Å². The Labute approximate surface area is 92.6 Å². The van der Waals surface area contributed by atoms with E-state index in [2.05, 4.69) is 10.1 Å². The fraction of sp³-hybridized carbons (Fsp3) is 0.917. The quantitative estimate of drug-likeness (QED) is 0.541. The summed E-state index contributed by atoms with van der Waals surface area (Å²) in [6.07, 6.45) is 6.86. The van der Waals surface area contributed by atoms with Crippen molar-refractivity contribution in [1.29, 1.82) is 0 Å². The molecule has 1 rings (SSSR count). The predicted octanol–water partition coefficient (Wildman–Crippen LogP) is 1.97. The fourth-order valence-corrected chi connectivity index (χ4v) is 2.21. The van der Waals surface area contributed by atoms with Crippen molar-refractivity contribution in [3.05, 3.63) is 0 Å². The smallest absolute Gasteiger partial charge is 0.309 e. The second-order valence-electron chi connectivity index (χ2n) is 4.57. The molecule has 3 heteroatoms. The van der Waals surface area contributed by atoms with Gasteiger partial charge in [0.1, 0.15) is 0 Å². The van der Waals surface area contributed by atoms with Crippen LogP contribution in [-0.2, 0) is 9.53 Å². The van der Waals surface area contributed by atoms with E-state index in [0.717, 1.165) is 19.0 Å². The molecule has 0 aliphatic heterocycles. The van der Waals surface area contributed by atoms with Crippen LogP contribution in [0.5, 0.6) is 0 Å². The molecule has 0 amide bonds. The molecule has 1 atom stereocenters. The molecule has 15 heavy (non-hydrogen) atoms. The Morgan fingerprint density at radius 3 is 2.73 bits per heavy atom. The fourth-order valence-electron chi connectivity index (χ4n) is 2.21. The standard InChI is InChI=1S/C12H23NO2/c1-10(12(14)15-2)9-13-8-7-11-5-3-4-6-11/h10-11,13H,3-9H2,1-2H3. The molecule has 0 aromatic heterocycles. The SMILES string of the molecule is COC(=O)C(C)CNCCC1CCCC1. The molecule has 0 radical (unpaired) electrons. The molecule has 3 nitrogen and oxygen atoms in total. The van der Waals surface area contributed by atoms with E-state index in [9.17, 15) is 4.79 Å². The highest BCUT2D eigenvalue weighted by atomic mass is 16.5. The summed E-state index contributed by atoms with van der Waals surface area (Å²) in [5.41, 5.74) is 0. The van der Waals surface area contributed by atoms with Crippen LogP contribution in [-0.4, -0.2) is 26.2 Å². The summed E-state index contributed by atoms with van der Waals surface area (Å²) in [6, 6.07) is 0. The van der Waals surface area contributed by atoms with Crippen LogP contribution in [0, 0.1) is 11.8 Å². The second-order valence-corrected chi connectivity index (χ2v) is 4.57. The van der Waals surface area contributed by atoms with Crippen molar-refractivity contribution in [3.63, 3.8) is 0 Å². The van der Waals surface area contributed by atoms with Gasteiger partial charge in [-0.1, -0.05) is 32.6 Å². The Bertz CT molecular complexity index is 188. The molecule has 0 bridgehead atoms. The molecule has 0 aromatic carbocycles. The number of methoxy groups -OCH3 is 1. The number of hydrogen-bond acceptors (Lipinski definition) is 3. The molecule has 1 aliphatic carbocycles. The minimum atomic E-state index is -0.122. The van der Waals surface area contributed by atoms with Crippen molar-refractivity contribution in [3.8, 4) is 0 Å². The number of nitrogens with one attached hydrogen (secondary N) is 1. The lowest BCUT2D eigenvalue weighted by atomic mass is 10.0. The minimum Gasteiger partial charge on any atom is -0.469 e. The first kappa shape index (κ1) is 12.5. The van der Waals surface area contributed by atoms with Crippen LogP contribution in [0.1, 0.15) is 39.0 Å². The van der Waals surface area contributed by atoms with E-state index < -0.39 is 0 Å². The summed E-state index contributed by atoms with van der Waals surface area (Å²) >= 11 is 0. The van der Waals surface area contributed by atoms with Gasteiger partial charge in [0, 0.05) is 6.54 Å². The lowest BCUT2D eigenvalue weighted by molar-refractivity contribution is -0.144. The van der Waals surface area contributed by atoms with Crippen LogP contribution >= 0.6 is 0 Å². The van der Waals surface area contributed by atoms with Crippen LogP contribution in [0.15, 0.2) is 0 Å². The normalized spacial score (nSPS) is 19.1. The van der Waals surface area contributed by atoms with Crippen LogP contribution in [0.3, 0.4) is 0 Å². The molecular formula is C12H23NO2. The van der Waals surface area contributed by atoms with Gasteiger partial charge >= 0.3 is 5.97 Å². The molecule has 1 fully saturated rings. The van der Waals surface area contributed by atoms with Crippen molar-refractivity contribution in [2.45, 2.75) is 39.0 Å². The third kappa shape index (κ3) is 4.65. The maximum Gasteiger partial charge on any atom is 0.309 e. The van der Waals surface area contributed by atoms with Crippen molar-refractivity contribution >= 4 is 5.97 Å². The number of esters is 1. The Morgan fingerprint density at radius 1 is 1.47 bits per heavy atom. The molecule has 0 saturated heterocycles. The summed E-state index contributed by atoms with van der Waals surface area (Å²) < 4.78 is 4.66. The highest BCUT2D eigenvalue weighted by Crippen LogP contribution is 2.26. The largest absolute Gasteiger partial charge is 0.469 e. The zero-order valence-electron chi connectivity index (χ0n) is 9.92. The molecule has 88 valence electrons. The summed E-state index contributed by atoms with van der Waals surface area (Å²) in [6.45, 7) is 3.67. The molecule has 0 spiro atoms. The first-order valence-electron chi connectivity index (χ1n) is 6.02. The summed E-state index contributed by atoms with van der Waals surface area (Å²) in [5.74, 6) is 0.771. The van der Waals surface area contributed by atoms with Gasteiger partial charge in [-0.15, -0.1) is 0 Å². The van der Waals surface area contributed by atoms with Gasteiger partial charge in [-0.05, 0) is 18.9 Å². The zero-order chi connectivity index (χ0) is 11.1. The van der Waals surface area contributed by atoms with E-state index in [-0.39, 0.29) is 11.9 Å². The minimum absolute atomic E-state index is 0.0291. The molecular weight excluding hydrogens is 190 g/mol. The Kier molecular flexibility index (Phi) is 5.69. The van der Waals surface area contributed by atoms with Crippen LogP contribution < -0.4 is 5.32 Å². The highest BCUT2D eigenvalue weighted by Gasteiger charge is 2.15. The monoisotopic (exact) mass is 213 g/mol. The lowest BCUT2D eigenvalue weighted by Gasteiger charge is -2.12. The Morgan fingerprint density at radius 2 is 2.13 bits per heavy atom. The second kappa shape index (κ2) is 6.83. The lowest BCUT2D eigenvalue weighted by Crippen LogP contribution is -2.28. The average molecular weight is 213 g/mol. The van der Waals surface area contributed by atoms with E-state index in [4.69, 9.17) is 0 Å². The molecule has 0 heterocycles. The van der Waals surface area contributed by atoms with Gasteiger partial charge in [-0.2, -0.15) is 0 Å². The predicted molar refractivity (Wildman–Crippen MR) is 60.6 cm³/mol. The number of carbonyl (C=O) groups is 1. The van der Waals surface area contributed by atoms with E-state index in [1.54, 1.807) is 0 Å². The van der Waals surface area contributed by atoms with Crippen molar-refractivity contribution in [2.75, 3.05) is 20.2 Å². The highest BCUT2D eigenvalue weighted by molar-refractivity contribution is 5.71. The van der Waals surface area contributed by atoms with Gasteiger partial charge in [0.15, 0.2) is 0 Å². The summed E-state index contributed by atoms with van der Waals surface area (Å²) in [5, 5.41) is 3.33. The maximum atomic E-state index is 11.1. The topological polar surface area (TPSA) is 38.3 Å². The van der Waals surface area contributed by atoms with Gasteiger partial charge in [0.05, 0.1) is 13.0 Å². The number of rotatable bonds is 6. The summed E-state index contributed by atoms with van der Waals surface area (Å²) in [7, 11) is 1.44. The molecule has 1 N–H and O–H groups in total. The first-order valence-corrected chi connectivity index (χ1v) is 6.02. The van der Waals surface area contributed by atoms with Crippen LogP contribution in [0.4, 0.5) is 0 Å². The van der Waals surface area contributed by atoms with Gasteiger partial charge in [0.25, 0.3) is 0 Å². The van der Waals surface area contributed by atoms with E-state index in [0.29, 0.717) is 0 Å². The van der Waals surface area contributed by atoms with Crippen molar-refractivity contribution in [2.24, 2.45) is 11.8 Å². The van der Waals surface area contributed by atoms with E-state index in [1.807, 2.05) is 6.92 Å². The van der Waals surface area contributed by atoms with Gasteiger partial charge in [0.2, 0.25) is 0 Å².